The fourth-order valence-corrected chi connectivity index (χ4v) is 8.73. The van der Waals surface area contributed by atoms with Gasteiger partial charge in [0.1, 0.15) is 0 Å². The van der Waals surface area contributed by atoms with Crippen molar-refractivity contribution in [2.75, 3.05) is 38.0 Å². The SMILES string of the molecule is CCN1CCN(S(=O)(=O)c2scc(NC3=NS(=O)N=C3N[C@@H](c3cc(C)c(C)s3)C(C)C)c2O)CC1. The quantitative estimate of drug-likeness (QED) is 0.465. The maximum absolute atomic E-state index is 13.2. The minimum absolute atomic E-state index is 0.0861. The molecule has 2 aliphatic rings. The van der Waals surface area contributed by atoms with Crippen molar-refractivity contribution >= 4 is 61.2 Å². The summed E-state index contributed by atoms with van der Waals surface area (Å²) < 4.78 is 48.1. The summed E-state index contributed by atoms with van der Waals surface area (Å²) in [5.41, 5.74) is 1.39. The van der Waals surface area contributed by atoms with Crippen LogP contribution >= 0.6 is 22.7 Å². The van der Waals surface area contributed by atoms with E-state index in [4.69, 9.17) is 0 Å². The number of rotatable bonds is 7. The van der Waals surface area contributed by atoms with Crippen molar-refractivity contribution in [3.8, 4) is 5.75 Å². The molecule has 2 atom stereocenters. The number of anilines is 1. The van der Waals surface area contributed by atoms with Gasteiger partial charge in [-0.25, -0.2) is 12.6 Å². The summed E-state index contributed by atoms with van der Waals surface area (Å²) >= 11 is 0.819. The Morgan fingerprint density at radius 2 is 1.83 bits per heavy atom. The third-order valence-electron chi connectivity index (χ3n) is 6.35. The number of likely N-dealkylation sites (N-methyl/N-ethyl adjacent to an activating group) is 1. The molecule has 0 amide bonds. The van der Waals surface area contributed by atoms with Gasteiger partial charge < -0.3 is 20.6 Å². The Kier molecular flexibility index (Phi) is 8.22. The predicted octanol–water partition coefficient (Wildman–Crippen LogP) is 3.25. The van der Waals surface area contributed by atoms with Crippen LogP contribution in [0.15, 0.2) is 24.5 Å². The van der Waals surface area contributed by atoms with Gasteiger partial charge in [-0.1, -0.05) is 20.8 Å². The molecule has 2 aromatic rings. The average molecular weight is 573 g/mol. The molecule has 1 saturated heterocycles. The smallest absolute Gasteiger partial charge is 0.269 e. The fourth-order valence-electron chi connectivity index (χ4n) is 4.05. The van der Waals surface area contributed by atoms with Crippen molar-refractivity contribution in [1.29, 1.82) is 0 Å². The number of aryl methyl sites for hydroxylation is 2. The molecule has 0 bridgehead atoms. The number of nitrogens with zero attached hydrogens (tertiary/aromatic N) is 4. The first-order chi connectivity index (χ1) is 17.0. The molecule has 3 N–H and O–H groups in total. The van der Waals surface area contributed by atoms with Gasteiger partial charge in [0.05, 0.1) is 11.7 Å². The zero-order valence-electron chi connectivity index (χ0n) is 20.9. The van der Waals surface area contributed by atoms with Crippen LogP contribution in [-0.2, 0) is 21.2 Å². The lowest BCUT2D eigenvalue weighted by Gasteiger charge is -2.32. The highest BCUT2D eigenvalue weighted by atomic mass is 32.2. The Balaban J connectivity index is 1.52. The molecule has 0 spiro atoms. The number of hydrogen-bond donors (Lipinski definition) is 3. The highest BCUT2D eigenvalue weighted by Gasteiger charge is 2.34. The van der Waals surface area contributed by atoms with Gasteiger partial charge in [0.15, 0.2) is 21.6 Å². The second kappa shape index (κ2) is 10.9. The minimum atomic E-state index is -3.84. The van der Waals surface area contributed by atoms with Gasteiger partial charge in [0.2, 0.25) is 0 Å². The summed E-state index contributed by atoms with van der Waals surface area (Å²) in [6.07, 6.45) is 0. The second-order valence-electron chi connectivity index (χ2n) is 9.11. The lowest BCUT2D eigenvalue weighted by Crippen LogP contribution is -2.48. The molecule has 10 nitrogen and oxygen atoms in total. The molecule has 36 heavy (non-hydrogen) atoms. The molecule has 0 radical (unpaired) electrons. The molecule has 1 unspecified atom stereocenters. The van der Waals surface area contributed by atoms with Gasteiger partial charge in [0.25, 0.3) is 21.2 Å². The number of nitrogens with one attached hydrogen (secondary N) is 2. The van der Waals surface area contributed by atoms with Crippen LogP contribution in [0.4, 0.5) is 5.69 Å². The van der Waals surface area contributed by atoms with Crippen LogP contribution in [0.25, 0.3) is 0 Å². The minimum Gasteiger partial charge on any atom is -0.504 e. The number of amidine groups is 2. The van der Waals surface area contributed by atoms with Crippen LogP contribution in [0.3, 0.4) is 0 Å². The van der Waals surface area contributed by atoms with E-state index in [2.05, 4.69) is 58.1 Å². The van der Waals surface area contributed by atoms with E-state index in [0.717, 1.165) is 22.8 Å². The summed E-state index contributed by atoms with van der Waals surface area (Å²) in [5.74, 6) is 0.335. The molecule has 2 aromatic heterocycles. The monoisotopic (exact) mass is 572 g/mol. The van der Waals surface area contributed by atoms with E-state index in [0.29, 0.717) is 32.0 Å². The second-order valence-corrected chi connectivity index (χ2v) is 14.2. The standard InChI is InChI=1S/C22H32N6O4S4/c1-6-27-7-9-28(10-8-27)36(31,32)22-19(29)16(12-33-22)23-20-21(26-35(30)25-20)24-18(13(2)3)17-11-14(4)15(5)34-17/h11-13,18,29H,6-10H2,1-5H3,(H,23,25)(H,24,26)/t18-,35?/m1/s1. The summed E-state index contributed by atoms with van der Waals surface area (Å²) in [6.45, 7) is 13.3. The number of aromatic hydroxyl groups is 1. The van der Waals surface area contributed by atoms with Crippen LogP contribution in [0.5, 0.6) is 5.75 Å². The van der Waals surface area contributed by atoms with Gasteiger partial charge in [-0.3, -0.25) is 0 Å². The van der Waals surface area contributed by atoms with Crippen LogP contribution < -0.4 is 10.6 Å². The Morgan fingerprint density at radius 3 is 2.42 bits per heavy atom. The first-order valence-corrected chi connectivity index (χ1v) is 15.9. The van der Waals surface area contributed by atoms with Crippen molar-refractivity contribution in [3.63, 3.8) is 0 Å². The molecule has 2 aliphatic heterocycles. The zero-order valence-corrected chi connectivity index (χ0v) is 24.2. The summed E-state index contributed by atoms with van der Waals surface area (Å²) in [5, 5.41) is 18.7. The molecule has 4 rings (SSSR count). The normalized spacial score (nSPS) is 20.4. The van der Waals surface area contributed by atoms with E-state index in [1.807, 2.05) is 6.92 Å². The summed E-state index contributed by atoms with van der Waals surface area (Å²) in [6, 6.07) is 2.05. The van der Waals surface area contributed by atoms with E-state index in [-0.39, 0.29) is 33.4 Å². The van der Waals surface area contributed by atoms with Crippen molar-refractivity contribution in [3.05, 3.63) is 26.8 Å². The number of sulfonamides is 1. The summed E-state index contributed by atoms with van der Waals surface area (Å²) in [4.78, 5) is 4.55. The van der Waals surface area contributed by atoms with Crippen molar-refractivity contribution < 1.29 is 17.7 Å². The molecule has 1 fully saturated rings. The number of piperazine rings is 1. The Labute approximate surface area is 222 Å². The van der Waals surface area contributed by atoms with Gasteiger partial charge in [-0.15, -0.1) is 31.5 Å². The first kappa shape index (κ1) is 27.2. The first-order valence-electron chi connectivity index (χ1n) is 11.7. The molecule has 198 valence electrons. The molecule has 0 aliphatic carbocycles. The van der Waals surface area contributed by atoms with Gasteiger partial charge >= 0.3 is 0 Å². The van der Waals surface area contributed by atoms with E-state index in [9.17, 15) is 17.7 Å². The molecule has 4 heterocycles. The third-order valence-corrected chi connectivity index (χ3v) is 11.7. The fraction of sp³-hybridized carbons (Fsp3) is 0.545. The number of hydrogen-bond acceptors (Lipinski definition) is 9. The summed E-state index contributed by atoms with van der Waals surface area (Å²) in [7, 11) is -3.84. The average Bonchev–Trinajstić information content (AvgIpc) is 3.49. The van der Waals surface area contributed by atoms with Crippen molar-refractivity contribution in [1.82, 2.24) is 14.5 Å². The number of thiophene rings is 2. The topological polar surface area (TPSA) is 127 Å². The van der Waals surface area contributed by atoms with Crippen molar-refractivity contribution in [2.24, 2.45) is 14.7 Å². The largest absolute Gasteiger partial charge is 0.504 e. The molecule has 14 heteroatoms. The Bertz CT molecular complexity index is 1290. The Morgan fingerprint density at radius 1 is 1.17 bits per heavy atom. The van der Waals surface area contributed by atoms with E-state index >= 15 is 0 Å². The maximum atomic E-state index is 13.2. The van der Waals surface area contributed by atoms with Crippen LogP contribution in [-0.4, -0.2) is 71.3 Å². The van der Waals surface area contributed by atoms with Crippen molar-refractivity contribution in [2.45, 2.75) is 44.9 Å². The lowest BCUT2D eigenvalue weighted by atomic mass is 10.0. The van der Waals surface area contributed by atoms with Crippen LogP contribution in [0, 0.1) is 19.8 Å². The van der Waals surface area contributed by atoms with E-state index < -0.39 is 21.2 Å². The lowest BCUT2D eigenvalue weighted by molar-refractivity contribution is 0.196. The van der Waals surface area contributed by atoms with E-state index in [1.165, 1.54) is 20.1 Å². The highest BCUT2D eigenvalue weighted by molar-refractivity contribution is 7.91. The molecular formula is C22H32N6O4S4. The molecule has 0 saturated carbocycles. The van der Waals surface area contributed by atoms with Gasteiger partial charge in [-0.2, -0.15) is 4.31 Å². The van der Waals surface area contributed by atoms with Crippen LogP contribution in [0.1, 0.15) is 42.1 Å². The van der Waals surface area contributed by atoms with E-state index in [1.54, 1.807) is 11.3 Å². The zero-order chi connectivity index (χ0) is 26.2. The molecule has 0 aromatic carbocycles. The van der Waals surface area contributed by atoms with Gasteiger partial charge in [-0.05, 0) is 37.9 Å². The maximum Gasteiger partial charge on any atom is 0.269 e. The molecular weight excluding hydrogens is 541 g/mol. The highest BCUT2D eigenvalue weighted by Crippen LogP contribution is 2.40. The van der Waals surface area contributed by atoms with Gasteiger partial charge in [0, 0.05) is 41.3 Å². The van der Waals surface area contributed by atoms with Crippen LogP contribution in [0.2, 0.25) is 0 Å². The third kappa shape index (κ3) is 5.53. The Hall–Kier alpha value is -1.84. The predicted molar refractivity (Wildman–Crippen MR) is 148 cm³/mol.